The van der Waals surface area contributed by atoms with Gasteiger partial charge < -0.3 is 14.5 Å². The molecule has 0 N–H and O–H groups in total. The molecule has 0 aliphatic carbocycles. The van der Waals surface area contributed by atoms with Crippen LogP contribution in [0.4, 0.5) is 0 Å². The first-order valence-electron chi connectivity index (χ1n) is 36.2. The third-order valence-electron chi connectivity index (χ3n) is 19.1. The van der Waals surface area contributed by atoms with E-state index in [0.29, 0.717) is 34.9 Å². The van der Waals surface area contributed by atoms with E-state index >= 15 is 0 Å². The molecule has 0 aliphatic rings. The second-order valence-corrected chi connectivity index (χ2v) is 33.8. The van der Waals surface area contributed by atoms with Crippen molar-refractivity contribution in [3.63, 3.8) is 0 Å². The zero-order chi connectivity index (χ0) is 75.4. The maximum atomic E-state index is 4.91. The molecule has 0 unspecified atom stereocenters. The fourth-order valence-electron chi connectivity index (χ4n) is 12.1. The fourth-order valence-corrected chi connectivity index (χ4v) is 12.4. The molecule has 0 bridgehead atoms. The van der Waals surface area contributed by atoms with Crippen molar-refractivity contribution >= 4 is 15.9 Å². The molecule has 0 amide bonds. The van der Waals surface area contributed by atoms with Gasteiger partial charge in [0, 0.05) is 97.1 Å². The molecule has 0 saturated heterocycles. The summed E-state index contributed by atoms with van der Waals surface area (Å²) in [6, 6.07) is 78.1. The molecule has 13 rings (SSSR count). The first-order chi connectivity index (χ1) is 49.6. The molecule has 8 aromatic carbocycles. The summed E-state index contributed by atoms with van der Waals surface area (Å²) in [4.78, 5) is 38.7. The Morgan fingerprint density at radius 3 is 0.981 bits per heavy atom. The van der Waals surface area contributed by atoms with Crippen molar-refractivity contribution < 1.29 is 40.2 Å². The number of aryl methyl sites for hydroxylation is 2. The van der Waals surface area contributed by atoms with Crippen LogP contribution in [0.1, 0.15) is 176 Å². The Morgan fingerprint density at radius 2 is 0.673 bits per heavy atom. The molecular weight excluding hydrogens is 1740 g/mol. The number of hydrogen-bond acceptors (Lipinski definition) is 10. The second kappa shape index (κ2) is 33.6. The van der Waals surface area contributed by atoms with Crippen LogP contribution in [0.3, 0.4) is 0 Å². The zero-order valence-electron chi connectivity index (χ0n) is 65.4. The van der Waals surface area contributed by atoms with Gasteiger partial charge in [0.25, 0.3) is 0 Å². The van der Waals surface area contributed by atoms with Crippen molar-refractivity contribution in [2.45, 2.75) is 177 Å². The van der Waals surface area contributed by atoms with E-state index in [1.54, 1.807) is 0 Å². The average molecular weight is 1830 g/mol. The monoisotopic (exact) mass is 1830 g/mol. The zero-order valence-corrected chi connectivity index (χ0v) is 71.8. The van der Waals surface area contributed by atoms with Gasteiger partial charge in [0.15, 0.2) is 34.9 Å². The summed E-state index contributed by atoms with van der Waals surface area (Å²) in [6.45, 7) is 44.4. The van der Waals surface area contributed by atoms with Gasteiger partial charge >= 0.3 is 0 Å². The van der Waals surface area contributed by atoms with E-state index in [1.807, 2.05) is 97.3 Å². The number of hydrogen-bond donors (Lipinski definition) is 0. The number of halogens is 1. The van der Waals surface area contributed by atoms with E-state index in [1.165, 1.54) is 44.6 Å². The maximum Gasteiger partial charge on any atom is 0.165 e. The van der Waals surface area contributed by atoms with Gasteiger partial charge in [-0.3, -0.25) is 0 Å². The molecule has 0 spiro atoms. The maximum absolute atomic E-state index is 4.91. The van der Waals surface area contributed by atoms with Gasteiger partial charge in [0.2, 0.25) is 0 Å². The predicted octanol–water partition coefficient (Wildman–Crippen LogP) is 23.8. The first kappa shape index (κ1) is 82.1. The van der Waals surface area contributed by atoms with Gasteiger partial charge in [-0.25, -0.2) is 29.9 Å². The molecule has 0 saturated carbocycles. The molecule has 13 aromatic rings. The Kier molecular flexibility index (Phi) is 25.8. The molecule has 0 fully saturated rings. The predicted molar refractivity (Wildman–Crippen MR) is 436 cm³/mol. The number of aromatic nitrogens is 11. The van der Waals surface area contributed by atoms with E-state index in [0.717, 1.165) is 84.0 Å². The van der Waals surface area contributed by atoms with E-state index in [-0.39, 0.29) is 72.7 Å². The summed E-state index contributed by atoms with van der Waals surface area (Å²) in [5.74, 6) is 5.60. The third kappa shape index (κ3) is 20.0. The van der Waals surface area contributed by atoms with Crippen molar-refractivity contribution in [3.8, 4) is 108 Å². The van der Waals surface area contributed by atoms with Crippen LogP contribution in [0.5, 0.6) is 0 Å². The molecule has 0 atom stereocenters. The number of pyridine rings is 2. The van der Waals surface area contributed by atoms with Crippen LogP contribution in [0.25, 0.3) is 108 Å². The van der Waals surface area contributed by atoms with Crippen molar-refractivity contribution in [3.05, 3.63) is 280 Å². The van der Waals surface area contributed by atoms with Crippen LogP contribution >= 0.6 is 15.9 Å². The van der Waals surface area contributed by atoms with Gasteiger partial charge in [-0.15, -0.1) is 107 Å². The number of nitrogens with zero attached hydrogens (tertiary/aromatic N) is 11. The van der Waals surface area contributed by atoms with Gasteiger partial charge in [-0.1, -0.05) is 278 Å². The molecule has 2 radical (unpaired) electrons. The summed E-state index contributed by atoms with van der Waals surface area (Å²) >= 11 is 3.53. The van der Waals surface area contributed by atoms with Crippen molar-refractivity contribution in [2.75, 3.05) is 0 Å². The normalized spacial score (nSPS) is 11.9. The third-order valence-corrected chi connectivity index (χ3v) is 19.6. The van der Waals surface area contributed by atoms with Crippen LogP contribution in [0.15, 0.2) is 217 Å². The minimum Gasteiger partial charge on any atom is -0.319 e. The molecular formula is C93H97BrIr2N11-3. The Bertz CT molecular complexity index is 4950. The van der Waals surface area contributed by atoms with E-state index in [2.05, 4.69) is 308 Å². The minimum atomic E-state index is -0.0817. The smallest absolute Gasteiger partial charge is 0.165 e. The molecule has 14 heteroatoms. The summed E-state index contributed by atoms with van der Waals surface area (Å²) in [7, 11) is 0. The topological polar surface area (TPSA) is 134 Å². The summed E-state index contributed by atoms with van der Waals surface area (Å²) in [5, 5.41) is 9.27. The van der Waals surface area contributed by atoms with E-state index in [9.17, 15) is 0 Å². The van der Waals surface area contributed by atoms with Crippen LogP contribution < -0.4 is 0 Å². The summed E-state index contributed by atoms with van der Waals surface area (Å²) in [6.07, 6.45) is 4.63. The molecule has 5 aromatic heterocycles. The molecule has 107 heavy (non-hydrogen) atoms. The largest absolute Gasteiger partial charge is 0.319 e. The second-order valence-electron chi connectivity index (χ2n) is 32.9. The molecule has 552 valence electrons. The van der Waals surface area contributed by atoms with Gasteiger partial charge in [-0.2, -0.15) is 5.10 Å². The molecule has 5 heterocycles. The minimum absolute atomic E-state index is 0. The Hall–Kier alpha value is -9.00. The van der Waals surface area contributed by atoms with Crippen LogP contribution in [-0.4, -0.2) is 54.6 Å². The van der Waals surface area contributed by atoms with Gasteiger partial charge in [-0.05, 0) is 97.7 Å². The standard InChI is InChI=1S/C34H32BrN4.C34H33N4.C25H32N3.2Ir/c1-33(2,3)26-15-10-22(11-16-26)30-37-31(23-12-17-27(18-13-23)34(4,5)6)39-32(38-30)25-14-19-29(36-21-25)24-8-7-9-28(35)20-24;1-33(2,3)27-17-12-24(13-18-27)30-36-31(25-14-19-28(20-15-25)34(4,5)6)38-32(37-30)26-16-21-29(35-22-26)23-10-8-7-9-11-23;1-9-25(7,8)23-27-26-22(19-13-11-10-12-14-19)28(23)21-17(2)15-20(16-18(21)3)24(4,5)6;;/h7,9-21H,1-6H3;7-10,12-22H,1-6H3;10-13,15-16H,9H2,1-8H3;;/q3*-1;;. The Labute approximate surface area is 670 Å². The van der Waals surface area contributed by atoms with Crippen LogP contribution in [0.2, 0.25) is 0 Å². The Morgan fingerprint density at radius 1 is 0.346 bits per heavy atom. The summed E-state index contributed by atoms with van der Waals surface area (Å²) in [5.41, 5.74) is 20.4. The van der Waals surface area contributed by atoms with Crippen molar-refractivity contribution in [2.24, 2.45) is 0 Å². The quantitative estimate of drug-likeness (QED) is 0.109. The van der Waals surface area contributed by atoms with Crippen molar-refractivity contribution in [1.82, 2.24) is 54.6 Å². The van der Waals surface area contributed by atoms with Crippen molar-refractivity contribution in [1.29, 1.82) is 0 Å². The average Bonchev–Trinajstić information content (AvgIpc) is 1.67. The number of rotatable bonds is 12. The number of benzene rings is 8. The summed E-state index contributed by atoms with van der Waals surface area (Å²) < 4.78 is 3.25. The Balaban J connectivity index is 0.000000186. The van der Waals surface area contributed by atoms with E-state index in [4.69, 9.17) is 34.9 Å². The SMILES string of the molecule is CC(C)(C)c1ccc(-c2nc(-c3ccc(C(C)(C)C)cc3)nc(-c3ccc(-c4[c-]ccc(Br)c4)nc3)n2)cc1.CC(C)(C)c1ccc(-c2nc(-c3ccc(C(C)(C)C)cc3)nc(-c3ccc(-c4[c-]cccc4)nc3)n2)cc1.CCC(C)(C)c1nnc(-c2[c-]cccc2)n1-c1c(C)cc(C(C)(C)C)cc1C.[Ir].[Ir]. The van der Waals surface area contributed by atoms with Gasteiger partial charge in [0.1, 0.15) is 5.82 Å². The van der Waals surface area contributed by atoms with Gasteiger partial charge in [0.05, 0.1) is 5.82 Å². The fraction of sp³-hybridized carbons (Fsp3) is 0.290. The molecule has 0 aliphatic heterocycles. The van der Waals surface area contributed by atoms with E-state index < -0.39 is 0 Å². The van der Waals surface area contributed by atoms with Crippen LogP contribution in [0, 0.1) is 32.0 Å². The first-order valence-corrected chi connectivity index (χ1v) is 37.0. The molecule has 11 nitrogen and oxygen atoms in total. The van der Waals surface area contributed by atoms with Crippen LogP contribution in [-0.2, 0) is 72.7 Å².